The Bertz CT molecular complexity index is 528. The minimum atomic E-state index is -0.215. The lowest BCUT2D eigenvalue weighted by Crippen LogP contribution is -2.14. The third-order valence-electron chi connectivity index (χ3n) is 2.26. The highest BCUT2D eigenvalue weighted by atomic mass is 32.2. The summed E-state index contributed by atoms with van der Waals surface area (Å²) in [7, 11) is 1.39. The van der Waals surface area contributed by atoms with Crippen LogP contribution in [0.1, 0.15) is 6.92 Å². The van der Waals surface area contributed by atoms with E-state index in [1.54, 1.807) is 6.33 Å². The van der Waals surface area contributed by atoms with Crippen LogP contribution in [-0.2, 0) is 9.53 Å². The maximum absolute atomic E-state index is 11.3. The summed E-state index contributed by atoms with van der Waals surface area (Å²) in [6.45, 7) is 1.82. The fraction of sp³-hybridized carbons (Fsp3) is 0.400. The molecule has 2 aromatic rings. The summed E-state index contributed by atoms with van der Waals surface area (Å²) in [6, 6.07) is 0. The number of fused-ring (bicyclic) bond motifs is 1. The molecule has 2 heterocycles. The van der Waals surface area contributed by atoms with Crippen LogP contribution in [0.3, 0.4) is 0 Å². The number of aromatic nitrogens is 4. The van der Waals surface area contributed by atoms with E-state index in [0.717, 1.165) is 10.5 Å². The lowest BCUT2D eigenvalue weighted by Gasteiger charge is -2.07. The Hall–Kier alpha value is -1.63. The molecule has 0 aromatic carbocycles. The Balaban J connectivity index is 2.09. The Morgan fingerprint density at radius 3 is 3.12 bits per heavy atom. The zero-order valence-corrected chi connectivity index (χ0v) is 10.3. The molecule has 0 aliphatic carbocycles. The van der Waals surface area contributed by atoms with Gasteiger partial charge < -0.3 is 9.72 Å². The molecule has 17 heavy (non-hydrogen) atoms. The van der Waals surface area contributed by atoms with E-state index in [1.165, 1.54) is 25.2 Å². The molecule has 0 saturated carbocycles. The van der Waals surface area contributed by atoms with E-state index in [-0.39, 0.29) is 11.9 Å². The molecule has 1 atom stereocenters. The highest BCUT2D eigenvalue weighted by Crippen LogP contribution is 2.23. The molecule has 0 bridgehead atoms. The Morgan fingerprint density at radius 2 is 2.35 bits per heavy atom. The van der Waals surface area contributed by atoms with Gasteiger partial charge in [0.05, 0.1) is 19.4 Å². The van der Waals surface area contributed by atoms with E-state index in [4.69, 9.17) is 0 Å². The van der Waals surface area contributed by atoms with Crippen LogP contribution in [-0.4, -0.2) is 38.8 Å². The van der Waals surface area contributed by atoms with Gasteiger partial charge in [0, 0.05) is 5.75 Å². The summed E-state index contributed by atoms with van der Waals surface area (Å²) in [6.07, 6.45) is 3.04. The van der Waals surface area contributed by atoms with Crippen molar-refractivity contribution in [2.75, 3.05) is 12.9 Å². The number of aromatic amines is 1. The molecule has 0 aliphatic rings. The van der Waals surface area contributed by atoms with E-state index >= 15 is 0 Å². The molecule has 6 nitrogen and oxygen atoms in total. The lowest BCUT2D eigenvalue weighted by atomic mass is 10.2. The van der Waals surface area contributed by atoms with Crippen molar-refractivity contribution >= 4 is 28.9 Å². The van der Waals surface area contributed by atoms with Crippen LogP contribution in [0.4, 0.5) is 0 Å². The van der Waals surface area contributed by atoms with Crippen molar-refractivity contribution in [2.45, 2.75) is 11.9 Å². The number of esters is 1. The van der Waals surface area contributed by atoms with Crippen molar-refractivity contribution in [1.29, 1.82) is 0 Å². The first-order chi connectivity index (χ1) is 8.22. The van der Waals surface area contributed by atoms with Gasteiger partial charge in [0.1, 0.15) is 16.9 Å². The van der Waals surface area contributed by atoms with Gasteiger partial charge in [0.2, 0.25) is 0 Å². The Labute approximate surface area is 102 Å². The molecule has 7 heteroatoms. The smallest absolute Gasteiger partial charge is 0.309 e. The average Bonchev–Trinajstić information content (AvgIpc) is 2.83. The van der Waals surface area contributed by atoms with E-state index in [9.17, 15) is 4.79 Å². The number of nitrogens with zero attached hydrogens (tertiary/aromatic N) is 3. The van der Waals surface area contributed by atoms with Gasteiger partial charge in [0.25, 0.3) is 0 Å². The molecular formula is C10H12N4O2S. The number of methoxy groups -OCH3 is 1. The number of hydrogen-bond donors (Lipinski definition) is 1. The van der Waals surface area contributed by atoms with E-state index < -0.39 is 0 Å². The second-order valence-corrected chi connectivity index (χ2v) is 4.52. The number of hydrogen-bond acceptors (Lipinski definition) is 6. The van der Waals surface area contributed by atoms with Gasteiger partial charge in [-0.05, 0) is 0 Å². The summed E-state index contributed by atoms with van der Waals surface area (Å²) >= 11 is 1.48. The third kappa shape index (κ3) is 2.55. The van der Waals surface area contributed by atoms with Gasteiger partial charge in [-0.2, -0.15) is 0 Å². The largest absolute Gasteiger partial charge is 0.469 e. The third-order valence-corrected chi connectivity index (χ3v) is 3.51. The first kappa shape index (κ1) is 11.8. The normalized spacial score (nSPS) is 12.6. The van der Waals surface area contributed by atoms with Crippen LogP contribution in [0.2, 0.25) is 0 Å². The zero-order valence-electron chi connectivity index (χ0n) is 9.51. The quantitative estimate of drug-likeness (QED) is 0.501. The average molecular weight is 252 g/mol. The number of imidazole rings is 1. The van der Waals surface area contributed by atoms with Crippen LogP contribution < -0.4 is 0 Å². The fourth-order valence-electron chi connectivity index (χ4n) is 1.33. The minimum absolute atomic E-state index is 0.169. The van der Waals surface area contributed by atoms with Gasteiger partial charge in [-0.25, -0.2) is 15.0 Å². The number of ether oxygens (including phenoxy) is 1. The van der Waals surface area contributed by atoms with Gasteiger partial charge in [-0.1, -0.05) is 6.92 Å². The maximum atomic E-state index is 11.3. The van der Waals surface area contributed by atoms with Crippen LogP contribution in [0, 0.1) is 5.92 Å². The van der Waals surface area contributed by atoms with Gasteiger partial charge >= 0.3 is 5.97 Å². The van der Waals surface area contributed by atoms with Gasteiger partial charge in [-0.3, -0.25) is 4.79 Å². The van der Waals surface area contributed by atoms with Crippen LogP contribution in [0.5, 0.6) is 0 Å². The molecule has 2 rings (SSSR count). The van der Waals surface area contributed by atoms with Crippen molar-refractivity contribution in [1.82, 2.24) is 19.9 Å². The van der Waals surface area contributed by atoms with Crippen LogP contribution in [0.25, 0.3) is 11.2 Å². The number of nitrogens with one attached hydrogen (secondary N) is 1. The van der Waals surface area contributed by atoms with Crippen molar-refractivity contribution in [2.24, 2.45) is 5.92 Å². The Kier molecular flexibility index (Phi) is 3.58. The highest BCUT2D eigenvalue weighted by Gasteiger charge is 2.15. The molecule has 0 radical (unpaired) electrons. The maximum Gasteiger partial charge on any atom is 0.309 e. The SMILES string of the molecule is COC(=O)C(C)CSc1ncnc2nc[nH]c12. The fourth-order valence-corrected chi connectivity index (χ4v) is 2.29. The molecule has 0 saturated heterocycles. The van der Waals surface area contributed by atoms with Crippen molar-refractivity contribution in [3.05, 3.63) is 12.7 Å². The summed E-state index contributed by atoms with van der Waals surface area (Å²) in [5.41, 5.74) is 1.43. The van der Waals surface area contributed by atoms with Gasteiger partial charge in [-0.15, -0.1) is 11.8 Å². The molecular weight excluding hydrogens is 240 g/mol. The number of carbonyl (C=O) groups is 1. The molecule has 0 aliphatic heterocycles. The topological polar surface area (TPSA) is 80.8 Å². The summed E-state index contributed by atoms with van der Waals surface area (Å²) in [5.74, 6) is 0.225. The minimum Gasteiger partial charge on any atom is -0.469 e. The van der Waals surface area contributed by atoms with Crippen molar-refractivity contribution in [3.63, 3.8) is 0 Å². The van der Waals surface area contributed by atoms with Crippen LogP contribution >= 0.6 is 11.8 Å². The van der Waals surface area contributed by atoms with Crippen molar-refractivity contribution in [3.8, 4) is 0 Å². The predicted molar refractivity (Wildman–Crippen MR) is 63.6 cm³/mol. The van der Waals surface area contributed by atoms with E-state index in [2.05, 4.69) is 24.7 Å². The van der Waals surface area contributed by atoms with E-state index in [0.29, 0.717) is 11.4 Å². The molecule has 90 valence electrons. The second-order valence-electron chi connectivity index (χ2n) is 3.52. The molecule has 0 fully saturated rings. The molecule has 0 spiro atoms. The monoisotopic (exact) mass is 252 g/mol. The number of thioether (sulfide) groups is 1. The summed E-state index contributed by atoms with van der Waals surface area (Å²) in [5, 5.41) is 0.795. The predicted octanol–water partition coefficient (Wildman–Crippen LogP) is 1.25. The summed E-state index contributed by atoms with van der Waals surface area (Å²) < 4.78 is 4.67. The zero-order chi connectivity index (χ0) is 12.3. The van der Waals surface area contributed by atoms with Gasteiger partial charge in [0.15, 0.2) is 5.65 Å². The first-order valence-corrected chi connectivity index (χ1v) is 6.05. The molecule has 0 amide bonds. The Morgan fingerprint density at radius 1 is 1.53 bits per heavy atom. The second kappa shape index (κ2) is 5.13. The lowest BCUT2D eigenvalue weighted by molar-refractivity contribution is -0.143. The molecule has 1 N–H and O–H groups in total. The first-order valence-electron chi connectivity index (χ1n) is 5.07. The standard InChI is InChI=1S/C10H12N4O2S/c1-6(10(15)16-2)3-17-9-7-8(12-4-11-7)13-5-14-9/h4-6H,3H2,1-2H3,(H,11,12,13,14). The van der Waals surface area contributed by atoms with Crippen LogP contribution in [0.15, 0.2) is 17.7 Å². The van der Waals surface area contributed by atoms with Crippen molar-refractivity contribution < 1.29 is 9.53 Å². The molecule has 1 unspecified atom stereocenters. The highest BCUT2D eigenvalue weighted by molar-refractivity contribution is 7.99. The summed E-state index contributed by atoms with van der Waals surface area (Å²) in [4.78, 5) is 26.5. The number of H-pyrrole nitrogens is 1. The van der Waals surface area contributed by atoms with E-state index in [1.807, 2.05) is 6.92 Å². The number of carbonyl (C=O) groups excluding carboxylic acids is 1. The number of rotatable bonds is 4. The molecule has 2 aromatic heterocycles.